The van der Waals surface area contributed by atoms with E-state index in [9.17, 15) is 31.9 Å². The fourth-order valence-electron chi connectivity index (χ4n) is 3.44. The predicted molar refractivity (Wildman–Crippen MR) is 220 cm³/mol. The van der Waals surface area contributed by atoms with Crippen LogP contribution in [0.2, 0.25) is 0 Å². The number of carbonyl (C=O) groups is 3. The fraction of sp³-hybridized carbons (Fsp3) is 0.410. The van der Waals surface area contributed by atoms with Gasteiger partial charge in [0.1, 0.15) is 23.3 Å². The Labute approximate surface area is 350 Å². The molecule has 1 N–H and O–H groups in total. The van der Waals surface area contributed by atoms with Crippen molar-refractivity contribution in [1.82, 2.24) is 0 Å². The quantitative estimate of drug-likeness (QED) is 0.0605. The number of carboxylic acid groups (broad SMARTS) is 1. The summed E-state index contributed by atoms with van der Waals surface area (Å²) in [6.07, 6.45) is 0.555. The van der Waals surface area contributed by atoms with Crippen LogP contribution in [0.1, 0.15) is 54.4 Å². The summed E-state index contributed by atoms with van der Waals surface area (Å²) in [5.41, 5.74) is -0.955. The molecule has 0 aliphatic heterocycles. The maximum atomic E-state index is 14.3. The molecule has 2 aliphatic carbocycles. The molecule has 0 radical (unpaired) electrons. The summed E-state index contributed by atoms with van der Waals surface area (Å²) >= 11 is 20.0. The SMILES string of the molecule is C=CC(=O)OC(C)(C)C.CC(C)(C)OC(=O)C1CC1(F)Sc1ccccc1.FC(Cl)Cl.FC(Cl)Sc1ccccc1.O=C(O)C1CC1F.Sc1ccccc1. The summed E-state index contributed by atoms with van der Waals surface area (Å²) in [6, 6.07) is 28.3. The summed E-state index contributed by atoms with van der Waals surface area (Å²) in [5.74, 6) is -3.13. The molecule has 0 amide bonds. The third-order valence-electron chi connectivity index (χ3n) is 5.89. The Bertz CT molecular complexity index is 1550. The van der Waals surface area contributed by atoms with Crippen molar-refractivity contribution in [2.45, 2.75) is 101 Å². The number of aliphatic carboxylic acids is 1. The molecule has 2 fully saturated rings. The number of thioether (sulfide) groups is 2. The Hall–Kier alpha value is -2.55. The molecule has 5 atom stereocenters. The highest BCUT2D eigenvalue weighted by Gasteiger charge is 2.62. The molecule has 5 rings (SSSR count). The van der Waals surface area contributed by atoms with E-state index in [2.05, 4.69) is 42.4 Å². The van der Waals surface area contributed by atoms with E-state index in [0.29, 0.717) is 0 Å². The lowest BCUT2D eigenvalue weighted by Crippen LogP contribution is -2.26. The number of ether oxygens (including phenoxy) is 2. The number of alkyl halides is 7. The Balaban J connectivity index is 0.000000680. The van der Waals surface area contributed by atoms with Gasteiger partial charge in [0.15, 0.2) is 5.00 Å². The molecular formula is C39H47Cl3F4O6S3. The van der Waals surface area contributed by atoms with Crippen molar-refractivity contribution in [2.24, 2.45) is 11.8 Å². The molecule has 2 saturated carbocycles. The third kappa shape index (κ3) is 29.4. The van der Waals surface area contributed by atoms with E-state index in [-0.39, 0.29) is 18.8 Å². The molecule has 0 heterocycles. The van der Waals surface area contributed by atoms with E-state index in [1.165, 1.54) is 0 Å². The zero-order valence-electron chi connectivity index (χ0n) is 31.1. The maximum Gasteiger partial charge on any atom is 0.330 e. The van der Waals surface area contributed by atoms with Gasteiger partial charge in [-0.25, -0.2) is 22.4 Å². The van der Waals surface area contributed by atoms with Crippen LogP contribution in [0, 0.1) is 11.8 Å². The van der Waals surface area contributed by atoms with Gasteiger partial charge in [0.2, 0.25) is 10.1 Å². The number of carboxylic acids is 1. The normalized spacial score (nSPS) is 19.4. The van der Waals surface area contributed by atoms with Crippen LogP contribution in [0.5, 0.6) is 0 Å². The van der Waals surface area contributed by atoms with Crippen LogP contribution in [0.3, 0.4) is 0 Å². The first-order valence-corrected chi connectivity index (χ1v) is 19.9. The lowest BCUT2D eigenvalue weighted by Gasteiger charge is -2.19. The summed E-state index contributed by atoms with van der Waals surface area (Å²) < 4.78 is 58.7. The highest BCUT2D eigenvalue weighted by molar-refractivity contribution is 8.01. The van der Waals surface area contributed by atoms with Gasteiger partial charge in [0.05, 0.1) is 5.92 Å². The summed E-state index contributed by atoms with van der Waals surface area (Å²) in [4.78, 5) is 33.3. The number of hydrogen-bond donors (Lipinski definition) is 2. The molecule has 306 valence electrons. The first-order valence-electron chi connectivity index (χ1n) is 16.4. The van der Waals surface area contributed by atoms with Gasteiger partial charge in [-0.05, 0) is 84.4 Å². The second kappa shape index (κ2) is 26.4. The molecule has 0 saturated heterocycles. The number of halogens is 7. The monoisotopic (exact) mass is 888 g/mol. The molecule has 0 spiro atoms. The summed E-state index contributed by atoms with van der Waals surface area (Å²) in [6.45, 7) is 14.1. The zero-order valence-corrected chi connectivity index (χ0v) is 35.9. The third-order valence-corrected chi connectivity index (χ3v) is 8.48. The largest absolute Gasteiger partial charge is 0.481 e. The van der Waals surface area contributed by atoms with Crippen LogP contribution in [0.15, 0.2) is 118 Å². The second-order valence-corrected chi connectivity index (χ2v) is 17.8. The number of rotatable bonds is 7. The van der Waals surface area contributed by atoms with Crippen molar-refractivity contribution >= 4 is 88.9 Å². The molecular weight excluding hydrogens is 843 g/mol. The lowest BCUT2D eigenvalue weighted by molar-refractivity contribution is -0.157. The van der Waals surface area contributed by atoms with Crippen molar-refractivity contribution in [2.75, 3.05) is 0 Å². The van der Waals surface area contributed by atoms with Gasteiger partial charge in [0.25, 0.3) is 0 Å². The smallest absolute Gasteiger partial charge is 0.330 e. The topological polar surface area (TPSA) is 89.9 Å². The van der Waals surface area contributed by atoms with Gasteiger partial charge in [-0.3, -0.25) is 9.59 Å². The lowest BCUT2D eigenvalue weighted by atomic mass is 10.2. The van der Waals surface area contributed by atoms with Crippen LogP contribution in [0.25, 0.3) is 0 Å². The molecule has 3 aromatic rings. The number of hydrogen-bond acceptors (Lipinski definition) is 8. The minimum atomic E-state index is -1.72. The molecule has 55 heavy (non-hydrogen) atoms. The van der Waals surface area contributed by atoms with E-state index < -0.39 is 56.2 Å². The average Bonchev–Trinajstić information content (AvgIpc) is 3.97. The van der Waals surface area contributed by atoms with Crippen molar-refractivity contribution in [3.63, 3.8) is 0 Å². The fourth-order valence-corrected chi connectivity index (χ4v) is 5.62. The molecule has 6 nitrogen and oxygen atoms in total. The molecule has 5 unspecified atom stereocenters. The van der Waals surface area contributed by atoms with Crippen LogP contribution in [-0.4, -0.2) is 55.4 Å². The summed E-state index contributed by atoms with van der Waals surface area (Å²) in [7, 11) is 0. The van der Waals surface area contributed by atoms with E-state index in [0.717, 1.165) is 44.3 Å². The molecule has 0 bridgehead atoms. The average molecular weight is 890 g/mol. The standard InChI is InChI=1S/C14H17FO2S.C7H6ClFS.C7H12O2.C6H6S.C4H5FO2.CHCl2F/c1-13(2,3)17-12(16)11-9-14(11,15)18-10-7-5-4-6-8-10;8-7(9)10-6-4-2-1-3-5-6;1-5-6(8)9-7(2,3)4;7-6-4-2-1-3-5-6;5-3-1-2(3)4(6)7;2-1(3)4/h4-8,11H,9H2,1-3H3;1-5,7H;5H,1H2,2-4H3;1-5,7H;2-3H,1H2,(H,6,7);1H. The highest BCUT2D eigenvalue weighted by Crippen LogP contribution is 2.58. The number of benzene rings is 3. The van der Waals surface area contributed by atoms with Crippen LogP contribution >= 0.6 is 71.0 Å². The number of thiol groups is 1. The van der Waals surface area contributed by atoms with Crippen molar-refractivity contribution < 1.29 is 46.5 Å². The van der Waals surface area contributed by atoms with Gasteiger partial charge in [-0.2, -0.15) is 0 Å². The highest BCUT2D eigenvalue weighted by atomic mass is 35.5. The van der Waals surface area contributed by atoms with Crippen molar-refractivity contribution in [3.05, 3.63) is 104 Å². The van der Waals surface area contributed by atoms with E-state index in [1.54, 1.807) is 20.8 Å². The van der Waals surface area contributed by atoms with E-state index >= 15 is 0 Å². The predicted octanol–water partition coefficient (Wildman–Crippen LogP) is 12.7. The van der Waals surface area contributed by atoms with Gasteiger partial charge in [-0.15, -0.1) is 12.6 Å². The van der Waals surface area contributed by atoms with Crippen LogP contribution in [-0.2, 0) is 23.9 Å². The molecule has 3 aromatic carbocycles. The van der Waals surface area contributed by atoms with Crippen molar-refractivity contribution in [1.29, 1.82) is 0 Å². The first kappa shape index (κ1) is 52.5. The van der Waals surface area contributed by atoms with E-state index in [1.807, 2.05) is 112 Å². The molecule has 0 aromatic heterocycles. The first-order chi connectivity index (χ1) is 25.4. The molecule has 2 aliphatic rings. The van der Waals surface area contributed by atoms with Gasteiger partial charge < -0.3 is 14.6 Å². The van der Waals surface area contributed by atoms with Crippen LogP contribution in [0.4, 0.5) is 17.6 Å². The summed E-state index contributed by atoms with van der Waals surface area (Å²) in [5, 5.41) is 4.77. The van der Waals surface area contributed by atoms with Gasteiger partial charge in [0, 0.05) is 27.2 Å². The minimum absolute atomic E-state index is 0.218. The van der Waals surface area contributed by atoms with Gasteiger partial charge >= 0.3 is 17.9 Å². The number of esters is 2. The Morgan fingerprint density at radius 1 is 0.855 bits per heavy atom. The van der Waals surface area contributed by atoms with Crippen molar-refractivity contribution in [3.8, 4) is 0 Å². The minimum Gasteiger partial charge on any atom is -0.481 e. The van der Waals surface area contributed by atoms with Gasteiger partial charge in [-0.1, -0.05) is 120 Å². The Morgan fingerprint density at radius 3 is 1.53 bits per heavy atom. The Morgan fingerprint density at radius 2 is 1.25 bits per heavy atom. The molecule has 16 heteroatoms. The second-order valence-electron chi connectivity index (χ2n) is 13.2. The van der Waals surface area contributed by atoms with Crippen LogP contribution < -0.4 is 0 Å². The maximum absolute atomic E-state index is 14.3. The Kier molecular flexibility index (Phi) is 25.2. The number of carbonyl (C=O) groups excluding carboxylic acids is 2. The zero-order chi connectivity index (χ0) is 42.4. The van der Waals surface area contributed by atoms with E-state index in [4.69, 9.17) is 26.2 Å².